The second kappa shape index (κ2) is 11.1. The molecule has 1 aromatic carbocycles. The molecule has 1 saturated heterocycles. The fourth-order valence-corrected chi connectivity index (χ4v) is 4.49. The topological polar surface area (TPSA) is 108 Å². The van der Waals surface area contributed by atoms with Gasteiger partial charge in [-0.25, -0.2) is 0 Å². The summed E-state index contributed by atoms with van der Waals surface area (Å²) >= 11 is 0. The molecule has 206 valence electrons. The molecule has 1 aliphatic heterocycles. The van der Waals surface area contributed by atoms with Gasteiger partial charge >= 0.3 is 6.18 Å². The fourth-order valence-electron chi connectivity index (χ4n) is 4.49. The van der Waals surface area contributed by atoms with E-state index in [0.29, 0.717) is 60.2 Å². The Morgan fingerprint density at radius 1 is 1.26 bits per heavy atom. The van der Waals surface area contributed by atoms with Crippen molar-refractivity contribution in [2.75, 3.05) is 25.0 Å². The Morgan fingerprint density at radius 3 is 2.69 bits per heavy atom. The van der Waals surface area contributed by atoms with Crippen LogP contribution in [0.2, 0.25) is 0 Å². The Kier molecular flexibility index (Phi) is 7.97. The van der Waals surface area contributed by atoms with Gasteiger partial charge in [0, 0.05) is 48.0 Å². The summed E-state index contributed by atoms with van der Waals surface area (Å²) in [5.74, 6) is -0.530. The van der Waals surface area contributed by atoms with E-state index >= 15 is 0 Å². The summed E-state index contributed by atoms with van der Waals surface area (Å²) in [6.45, 7) is 10.7. The molecule has 3 aromatic rings. The zero-order valence-corrected chi connectivity index (χ0v) is 22.2. The van der Waals surface area contributed by atoms with Crippen LogP contribution in [0.3, 0.4) is 0 Å². The van der Waals surface area contributed by atoms with Crippen LogP contribution in [0, 0.1) is 17.2 Å². The van der Waals surface area contributed by atoms with Crippen LogP contribution in [0.4, 0.5) is 18.9 Å². The lowest BCUT2D eigenvalue weighted by Gasteiger charge is -2.20. The van der Waals surface area contributed by atoms with Crippen LogP contribution in [0.5, 0.6) is 0 Å². The number of fused-ring (bicyclic) bond motifs is 1. The number of nitrogens with one attached hydrogen (secondary N) is 3. The number of allylic oxidation sites excluding steroid dienone is 1. The maximum Gasteiger partial charge on any atom is 0.417 e. The normalized spacial score (nSPS) is 17.7. The Hall–Kier alpha value is -3.91. The predicted octanol–water partition coefficient (Wildman–Crippen LogP) is 4.65. The van der Waals surface area contributed by atoms with Gasteiger partial charge in [-0.1, -0.05) is 18.7 Å². The Bertz CT molecular complexity index is 1420. The van der Waals surface area contributed by atoms with Gasteiger partial charge in [-0.3, -0.25) is 14.5 Å². The first kappa shape index (κ1) is 28.1. The minimum Gasteiger partial charge on any atom is -0.379 e. The Balaban J connectivity index is 1.54. The van der Waals surface area contributed by atoms with E-state index in [-0.39, 0.29) is 29.1 Å². The monoisotopic (exact) mass is 539 g/mol. The number of aryl methyl sites for hydroxylation is 1. The first-order chi connectivity index (χ1) is 18.4. The van der Waals surface area contributed by atoms with E-state index < -0.39 is 11.7 Å². The molecule has 39 heavy (non-hydrogen) atoms. The van der Waals surface area contributed by atoms with Crippen LogP contribution < -0.4 is 16.0 Å². The molecule has 8 nitrogen and oxygen atoms in total. The minimum atomic E-state index is -4.64. The number of alkyl halides is 3. The van der Waals surface area contributed by atoms with Crippen molar-refractivity contribution in [1.82, 2.24) is 25.4 Å². The highest BCUT2D eigenvalue weighted by atomic mass is 19.4. The maximum atomic E-state index is 13.7. The van der Waals surface area contributed by atoms with E-state index in [1.54, 1.807) is 35.1 Å². The van der Waals surface area contributed by atoms with E-state index in [1.165, 1.54) is 6.20 Å². The number of hydrogen-bond donors (Lipinski definition) is 3. The third-order valence-electron chi connectivity index (χ3n) is 6.70. The van der Waals surface area contributed by atoms with Crippen molar-refractivity contribution in [3.05, 3.63) is 60.2 Å². The van der Waals surface area contributed by atoms with Crippen molar-refractivity contribution < 1.29 is 18.0 Å². The van der Waals surface area contributed by atoms with Gasteiger partial charge < -0.3 is 16.0 Å². The molecular weight excluding hydrogens is 507 g/mol. The minimum absolute atomic E-state index is 0.177. The highest BCUT2D eigenvalue weighted by molar-refractivity contribution is 6.00. The van der Waals surface area contributed by atoms with Gasteiger partial charge in [-0.2, -0.15) is 23.5 Å². The molecule has 0 radical (unpaired) electrons. The van der Waals surface area contributed by atoms with Crippen LogP contribution in [0.25, 0.3) is 16.3 Å². The average molecular weight is 540 g/mol. The first-order valence-electron chi connectivity index (χ1n) is 12.8. The summed E-state index contributed by atoms with van der Waals surface area (Å²) < 4.78 is 42.8. The first-order valence-corrected chi connectivity index (χ1v) is 12.8. The highest BCUT2D eigenvalue weighted by Crippen LogP contribution is 2.37. The van der Waals surface area contributed by atoms with Crippen molar-refractivity contribution in [3.8, 4) is 6.07 Å². The zero-order valence-electron chi connectivity index (χ0n) is 22.2. The lowest BCUT2D eigenvalue weighted by molar-refractivity contribution is -0.0688. The van der Waals surface area contributed by atoms with Crippen molar-refractivity contribution in [3.63, 3.8) is 0 Å². The highest BCUT2D eigenvalue weighted by Gasteiger charge is 2.35. The molecule has 2 unspecified atom stereocenters. The molecular formula is C28H32F3N7O. The van der Waals surface area contributed by atoms with E-state index in [2.05, 4.69) is 38.7 Å². The fraction of sp³-hybridized carbons (Fsp3) is 0.429. The molecule has 2 atom stereocenters. The quantitative estimate of drug-likeness (QED) is 0.360. The number of hydrogen-bond acceptors (Lipinski definition) is 6. The lowest BCUT2D eigenvalue weighted by Crippen LogP contribution is -2.27. The van der Waals surface area contributed by atoms with Gasteiger partial charge in [-0.05, 0) is 45.7 Å². The summed E-state index contributed by atoms with van der Waals surface area (Å²) in [5.41, 5.74) is 0.0199. The standard InChI is InChI=1S/C28H32F3N7O/c1-17(28(29,30)31)25-21-8-5-9-23(37-24-15-33-13-18(24)12-32)22(21)11-20(36-25)7-6-10-34-26(39)19-14-35-38(16-19)27(2,3)4/h5,8-9,11,14,16,18,24,33,37H,1,6-7,10,13,15H2,2-4H3,(H,34,39). The number of carbonyl (C=O) groups excluding carboxylic acids is 1. The summed E-state index contributed by atoms with van der Waals surface area (Å²) in [6, 6.07) is 8.91. The smallest absolute Gasteiger partial charge is 0.379 e. The van der Waals surface area contributed by atoms with E-state index in [1.807, 2.05) is 20.8 Å². The predicted molar refractivity (Wildman–Crippen MR) is 144 cm³/mol. The van der Waals surface area contributed by atoms with E-state index in [4.69, 9.17) is 0 Å². The summed E-state index contributed by atoms with van der Waals surface area (Å²) in [5, 5.41) is 23.9. The molecule has 0 spiro atoms. The van der Waals surface area contributed by atoms with Gasteiger partial charge in [0.1, 0.15) is 0 Å². The van der Waals surface area contributed by atoms with Crippen LogP contribution in [-0.2, 0) is 12.0 Å². The van der Waals surface area contributed by atoms with Crippen LogP contribution in [0.1, 0.15) is 48.9 Å². The molecule has 1 amide bonds. The summed E-state index contributed by atoms with van der Waals surface area (Å²) in [6.07, 6.45) is -0.648. The summed E-state index contributed by atoms with van der Waals surface area (Å²) in [7, 11) is 0. The molecule has 0 saturated carbocycles. The molecule has 3 N–H and O–H groups in total. The number of halogens is 3. The third-order valence-corrected chi connectivity index (χ3v) is 6.70. The number of nitriles is 1. The third kappa shape index (κ3) is 6.40. The average Bonchev–Trinajstić information content (AvgIpc) is 3.55. The van der Waals surface area contributed by atoms with Crippen LogP contribution >= 0.6 is 0 Å². The number of anilines is 1. The largest absolute Gasteiger partial charge is 0.417 e. The Morgan fingerprint density at radius 2 is 2.03 bits per heavy atom. The zero-order chi connectivity index (χ0) is 28.4. The van der Waals surface area contributed by atoms with Gasteiger partial charge in [0.25, 0.3) is 5.91 Å². The number of benzene rings is 1. The number of rotatable bonds is 8. The molecule has 1 aliphatic rings. The Labute approximate surface area is 225 Å². The van der Waals surface area contributed by atoms with Gasteiger partial charge in [0.15, 0.2) is 0 Å². The van der Waals surface area contributed by atoms with E-state index in [9.17, 15) is 23.2 Å². The van der Waals surface area contributed by atoms with Crippen LogP contribution in [0.15, 0.2) is 43.2 Å². The van der Waals surface area contributed by atoms with Gasteiger partial charge in [0.05, 0.1) is 46.6 Å². The molecule has 1 fully saturated rings. The van der Waals surface area contributed by atoms with Crippen molar-refractivity contribution in [2.24, 2.45) is 5.92 Å². The van der Waals surface area contributed by atoms with Crippen molar-refractivity contribution in [2.45, 2.75) is 51.4 Å². The number of carbonyl (C=O) groups is 1. The molecule has 2 aromatic heterocycles. The summed E-state index contributed by atoms with van der Waals surface area (Å²) in [4.78, 5) is 16.9. The molecule has 0 aliphatic carbocycles. The van der Waals surface area contributed by atoms with E-state index in [0.717, 1.165) is 0 Å². The van der Waals surface area contributed by atoms with Crippen molar-refractivity contribution in [1.29, 1.82) is 5.26 Å². The van der Waals surface area contributed by atoms with Crippen molar-refractivity contribution >= 4 is 27.9 Å². The lowest BCUT2D eigenvalue weighted by atomic mass is 9.99. The second-order valence-corrected chi connectivity index (χ2v) is 10.7. The number of amides is 1. The van der Waals surface area contributed by atoms with Crippen LogP contribution in [-0.4, -0.2) is 52.5 Å². The number of aromatic nitrogens is 3. The SMILES string of the molecule is C=C(c1nc(CCCNC(=O)c2cnn(C(C)(C)C)c2)cc2c(NC3CNCC3C#N)cccc12)C(F)(F)F. The van der Waals surface area contributed by atoms with Gasteiger partial charge in [0.2, 0.25) is 0 Å². The maximum absolute atomic E-state index is 13.7. The molecule has 11 heteroatoms. The number of pyridine rings is 1. The van der Waals surface area contributed by atoms with Gasteiger partial charge in [-0.15, -0.1) is 0 Å². The second-order valence-electron chi connectivity index (χ2n) is 10.7. The molecule has 3 heterocycles. The molecule has 4 rings (SSSR count). The number of nitrogens with zero attached hydrogens (tertiary/aromatic N) is 4. The molecule has 0 bridgehead atoms.